The molecule has 0 saturated heterocycles. The summed E-state index contributed by atoms with van der Waals surface area (Å²) in [7, 11) is 0. The van der Waals surface area contributed by atoms with E-state index in [2.05, 4.69) is 18.7 Å². The van der Waals surface area contributed by atoms with Crippen molar-refractivity contribution >= 4 is 5.78 Å². The number of hydrogen-bond donors (Lipinski definition) is 0. The quantitative estimate of drug-likeness (QED) is 0.731. The van der Waals surface area contributed by atoms with E-state index in [4.69, 9.17) is 9.47 Å². The molecule has 1 aromatic rings. The zero-order chi connectivity index (χ0) is 12.3. The van der Waals surface area contributed by atoms with E-state index >= 15 is 0 Å². The smallest absolute Gasteiger partial charge is 0.231 e. The Morgan fingerprint density at radius 1 is 1.24 bits per heavy atom. The summed E-state index contributed by atoms with van der Waals surface area (Å²) in [5.74, 6) is 1.49. The van der Waals surface area contributed by atoms with E-state index < -0.39 is 0 Å². The van der Waals surface area contributed by atoms with Crippen LogP contribution in [0.4, 0.5) is 0 Å². The van der Waals surface area contributed by atoms with Gasteiger partial charge in [-0.2, -0.15) is 0 Å². The number of Topliss-reactive ketones (excluding diaryl/α,β-unsaturated/α-hetero) is 1. The molecule has 4 nitrogen and oxygen atoms in total. The molecule has 0 saturated carbocycles. The topological polar surface area (TPSA) is 38.8 Å². The Bertz CT molecular complexity index is 413. The highest BCUT2D eigenvalue weighted by Gasteiger charge is 2.17. The van der Waals surface area contributed by atoms with Gasteiger partial charge in [-0.1, -0.05) is 13.8 Å². The molecule has 0 amide bonds. The molecule has 4 heteroatoms. The summed E-state index contributed by atoms with van der Waals surface area (Å²) < 4.78 is 10.5. The number of likely N-dealkylation sites (N-methyl/N-ethyl adjacent to an activating group) is 1. The van der Waals surface area contributed by atoms with Gasteiger partial charge in [0, 0.05) is 5.56 Å². The predicted octanol–water partition coefficient (Wildman–Crippen LogP) is 1.94. The number of ketones is 1. The monoisotopic (exact) mass is 235 g/mol. The van der Waals surface area contributed by atoms with Crippen molar-refractivity contribution in [3.05, 3.63) is 23.8 Å². The lowest BCUT2D eigenvalue weighted by molar-refractivity contribution is 0.0937. The molecular weight excluding hydrogens is 218 g/mol. The molecule has 0 atom stereocenters. The summed E-state index contributed by atoms with van der Waals surface area (Å²) in [4.78, 5) is 14.1. The van der Waals surface area contributed by atoms with E-state index in [0.717, 1.165) is 13.1 Å². The molecule has 0 aromatic heterocycles. The van der Waals surface area contributed by atoms with Gasteiger partial charge >= 0.3 is 0 Å². The average molecular weight is 235 g/mol. The zero-order valence-electron chi connectivity index (χ0n) is 10.2. The first-order valence-corrected chi connectivity index (χ1v) is 5.89. The minimum atomic E-state index is 0.118. The number of benzene rings is 1. The van der Waals surface area contributed by atoms with Crippen LogP contribution >= 0.6 is 0 Å². The maximum absolute atomic E-state index is 12.0. The summed E-state index contributed by atoms with van der Waals surface area (Å²) in [6.45, 7) is 6.56. The van der Waals surface area contributed by atoms with Gasteiger partial charge in [-0.25, -0.2) is 0 Å². The Morgan fingerprint density at radius 2 is 1.94 bits per heavy atom. The van der Waals surface area contributed by atoms with E-state index in [9.17, 15) is 4.79 Å². The second-order valence-corrected chi connectivity index (χ2v) is 3.95. The molecule has 0 spiro atoms. The maximum atomic E-state index is 12.0. The van der Waals surface area contributed by atoms with Gasteiger partial charge in [-0.05, 0) is 31.3 Å². The van der Waals surface area contributed by atoms with Crippen LogP contribution in [0.1, 0.15) is 24.2 Å². The minimum absolute atomic E-state index is 0.118. The molecule has 1 aliphatic rings. The van der Waals surface area contributed by atoms with Crippen molar-refractivity contribution in [2.75, 3.05) is 26.4 Å². The first-order valence-electron chi connectivity index (χ1n) is 5.89. The van der Waals surface area contributed by atoms with Gasteiger partial charge in [0.05, 0.1) is 6.54 Å². The molecule has 0 N–H and O–H groups in total. The fourth-order valence-electron chi connectivity index (χ4n) is 1.81. The zero-order valence-corrected chi connectivity index (χ0v) is 10.2. The van der Waals surface area contributed by atoms with Gasteiger partial charge in [0.15, 0.2) is 17.3 Å². The van der Waals surface area contributed by atoms with Crippen LogP contribution in [0.3, 0.4) is 0 Å². The van der Waals surface area contributed by atoms with Crippen LogP contribution in [0, 0.1) is 0 Å². The van der Waals surface area contributed by atoms with Crippen molar-refractivity contribution in [2.24, 2.45) is 0 Å². The number of nitrogens with zero attached hydrogens (tertiary/aromatic N) is 1. The lowest BCUT2D eigenvalue weighted by atomic mass is 10.1. The highest BCUT2D eigenvalue weighted by molar-refractivity contribution is 5.98. The van der Waals surface area contributed by atoms with Crippen LogP contribution in [0.5, 0.6) is 11.5 Å². The second-order valence-electron chi connectivity index (χ2n) is 3.95. The van der Waals surface area contributed by atoms with Crippen LogP contribution < -0.4 is 9.47 Å². The van der Waals surface area contributed by atoms with E-state index in [1.165, 1.54) is 0 Å². The molecule has 0 fully saturated rings. The number of ether oxygens (including phenoxy) is 2. The molecular formula is C13H17NO3. The number of fused-ring (bicyclic) bond motifs is 1. The Morgan fingerprint density at radius 3 is 2.65 bits per heavy atom. The Balaban J connectivity index is 2.09. The molecule has 92 valence electrons. The molecule has 1 aliphatic heterocycles. The van der Waals surface area contributed by atoms with Crippen molar-refractivity contribution < 1.29 is 14.3 Å². The van der Waals surface area contributed by atoms with Crippen molar-refractivity contribution in [1.82, 2.24) is 4.90 Å². The fraction of sp³-hybridized carbons (Fsp3) is 0.462. The molecule has 0 unspecified atom stereocenters. The van der Waals surface area contributed by atoms with E-state index in [1.54, 1.807) is 18.2 Å². The molecule has 1 heterocycles. The molecule has 1 aromatic carbocycles. The van der Waals surface area contributed by atoms with Crippen molar-refractivity contribution in [2.45, 2.75) is 13.8 Å². The maximum Gasteiger partial charge on any atom is 0.231 e. The fourth-order valence-corrected chi connectivity index (χ4v) is 1.81. The van der Waals surface area contributed by atoms with Crippen LogP contribution in [0.25, 0.3) is 0 Å². The summed E-state index contributed by atoms with van der Waals surface area (Å²) in [6.07, 6.45) is 0. The molecule has 0 radical (unpaired) electrons. The van der Waals surface area contributed by atoms with Crippen LogP contribution in [-0.2, 0) is 0 Å². The predicted molar refractivity (Wildman–Crippen MR) is 64.7 cm³/mol. The first-order chi connectivity index (χ1) is 8.24. The highest BCUT2D eigenvalue weighted by atomic mass is 16.7. The van der Waals surface area contributed by atoms with Crippen molar-refractivity contribution in [3.8, 4) is 11.5 Å². The second kappa shape index (κ2) is 5.19. The van der Waals surface area contributed by atoms with E-state index in [1.807, 2.05) is 0 Å². The lowest BCUT2D eigenvalue weighted by Crippen LogP contribution is -2.29. The SMILES string of the molecule is CCN(CC)CC(=O)c1ccc2c(c1)OCO2. The normalized spacial score (nSPS) is 13.1. The van der Waals surface area contributed by atoms with E-state index in [0.29, 0.717) is 23.6 Å². The molecule has 0 aliphatic carbocycles. The Labute approximate surface area is 101 Å². The van der Waals surface area contributed by atoms with Gasteiger partial charge in [0.1, 0.15) is 0 Å². The summed E-state index contributed by atoms with van der Waals surface area (Å²) in [6, 6.07) is 5.34. The summed E-state index contributed by atoms with van der Waals surface area (Å²) in [5.41, 5.74) is 0.682. The van der Waals surface area contributed by atoms with Gasteiger partial charge in [-0.3, -0.25) is 9.69 Å². The Kier molecular flexibility index (Phi) is 3.64. The van der Waals surface area contributed by atoms with Gasteiger partial charge < -0.3 is 9.47 Å². The summed E-state index contributed by atoms with van der Waals surface area (Å²) >= 11 is 0. The third-order valence-electron chi connectivity index (χ3n) is 2.96. The number of rotatable bonds is 5. The van der Waals surface area contributed by atoms with Crippen molar-refractivity contribution in [1.29, 1.82) is 0 Å². The minimum Gasteiger partial charge on any atom is -0.454 e. The standard InChI is InChI=1S/C13H17NO3/c1-3-14(4-2)8-11(15)10-5-6-12-13(7-10)17-9-16-12/h5-7H,3-4,8-9H2,1-2H3. The van der Waals surface area contributed by atoms with Crippen molar-refractivity contribution in [3.63, 3.8) is 0 Å². The summed E-state index contributed by atoms with van der Waals surface area (Å²) in [5, 5.41) is 0. The van der Waals surface area contributed by atoms with Gasteiger partial charge in [-0.15, -0.1) is 0 Å². The Hall–Kier alpha value is -1.55. The van der Waals surface area contributed by atoms with Crippen LogP contribution in [0.15, 0.2) is 18.2 Å². The average Bonchev–Trinajstić information content (AvgIpc) is 2.82. The molecule has 0 bridgehead atoms. The third-order valence-corrected chi connectivity index (χ3v) is 2.96. The van der Waals surface area contributed by atoms with Gasteiger partial charge in [0.25, 0.3) is 0 Å². The van der Waals surface area contributed by atoms with Gasteiger partial charge in [0.2, 0.25) is 6.79 Å². The van der Waals surface area contributed by atoms with Crippen LogP contribution in [-0.4, -0.2) is 37.1 Å². The molecule has 2 rings (SSSR count). The largest absolute Gasteiger partial charge is 0.454 e. The molecule has 17 heavy (non-hydrogen) atoms. The first kappa shape index (κ1) is 11.9. The number of carbonyl (C=O) groups is 1. The van der Waals surface area contributed by atoms with Crippen LogP contribution in [0.2, 0.25) is 0 Å². The number of carbonyl (C=O) groups excluding carboxylic acids is 1. The lowest BCUT2D eigenvalue weighted by Gasteiger charge is -2.16. The van der Waals surface area contributed by atoms with E-state index in [-0.39, 0.29) is 12.6 Å². The number of hydrogen-bond acceptors (Lipinski definition) is 4. The highest BCUT2D eigenvalue weighted by Crippen LogP contribution is 2.32. The third kappa shape index (κ3) is 2.58.